The molecule has 6 atom stereocenters. The highest BCUT2D eigenvalue weighted by atomic mass is 16.5. The van der Waals surface area contributed by atoms with Gasteiger partial charge in [-0.3, -0.25) is 34.1 Å². The van der Waals surface area contributed by atoms with E-state index in [1.165, 1.54) is 9.91 Å². The van der Waals surface area contributed by atoms with Crippen LogP contribution in [0.3, 0.4) is 0 Å². The van der Waals surface area contributed by atoms with Crippen molar-refractivity contribution in [3.63, 3.8) is 0 Å². The van der Waals surface area contributed by atoms with Gasteiger partial charge in [0.2, 0.25) is 5.91 Å². The zero-order chi connectivity index (χ0) is 57.0. The number of nitrogens with one attached hydrogen (secondary N) is 2. The first kappa shape index (κ1) is 57.4. The minimum Gasteiger partial charge on any atom is -0.508 e. The van der Waals surface area contributed by atoms with Crippen LogP contribution in [-0.2, 0) is 52.8 Å². The Morgan fingerprint density at radius 1 is 1.01 bits per heavy atom. The number of nitrogen functional groups attached to an aromatic ring is 1. The van der Waals surface area contributed by atoms with Gasteiger partial charge in [0.25, 0.3) is 11.8 Å². The number of piperidine rings is 1. The topological polar surface area (TPSA) is 218 Å². The van der Waals surface area contributed by atoms with Crippen molar-refractivity contribution in [1.29, 1.82) is 5.26 Å². The quantitative estimate of drug-likeness (QED) is 0.0568. The summed E-state index contributed by atoms with van der Waals surface area (Å²) in [5, 5.41) is 26.4. The third-order valence-corrected chi connectivity index (χ3v) is 16.4. The number of carbonyl (C=O) groups is 4. The Labute approximate surface area is 470 Å². The molecule has 17 nitrogen and oxygen atoms in total. The molecule has 6 heterocycles. The number of ether oxygens (including phenoxy) is 3. The van der Waals surface area contributed by atoms with Crippen LogP contribution in [0.15, 0.2) is 72.9 Å². The fraction of sp³-hybridized carbons (Fsp3) is 0.492. The van der Waals surface area contributed by atoms with Crippen molar-refractivity contribution in [1.82, 2.24) is 35.1 Å². The number of hydrazine groups is 1. The van der Waals surface area contributed by atoms with Crippen LogP contribution in [0.2, 0.25) is 0 Å². The maximum Gasteiger partial charge on any atom is 0.324 e. The van der Waals surface area contributed by atoms with Gasteiger partial charge in [-0.2, -0.15) is 5.26 Å². The molecule has 0 radical (unpaired) electrons. The molecular weight excluding hydrogens is 1010 g/mol. The van der Waals surface area contributed by atoms with E-state index >= 15 is 0 Å². The zero-order valence-electron chi connectivity index (χ0n) is 47.5. The number of phenolic OH excluding ortho intramolecular Hbond substituents is 1. The highest BCUT2D eigenvalue weighted by Gasteiger charge is 2.42. The molecule has 422 valence electrons. The molecule has 0 saturated carbocycles. The van der Waals surface area contributed by atoms with Crippen molar-refractivity contribution < 1.29 is 38.5 Å². The molecule has 5 aromatic rings. The number of anilines is 1. The molecule has 0 unspecified atom stereocenters. The Morgan fingerprint density at radius 3 is 2.49 bits per heavy atom. The summed E-state index contributed by atoms with van der Waals surface area (Å²) in [5.74, 6) is 4.36. The van der Waals surface area contributed by atoms with Gasteiger partial charge in [0.1, 0.15) is 30.0 Å². The molecule has 0 aliphatic carbocycles. The van der Waals surface area contributed by atoms with E-state index in [9.17, 15) is 29.5 Å². The number of nitriles is 1. The SMILES string of the molecule is CCn1c(-c2cc(C#CCN3CCC(C#N)CC3)cnc2[C@H](C)OC)c2c3cc(ccc31)-c1cc(O)cc(c1)C[C@H](NC(=O)[C@H](C(C)C)N(C)C(=O)[C@@H]1OCC[C@@H]1c1ccc(N)cc1)C(=O)N1CCC[C@H](N1)C(=O)OCC(C)(C)C2. The summed E-state index contributed by atoms with van der Waals surface area (Å²) in [4.78, 5) is 67.2. The van der Waals surface area contributed by atoms with Crippen molar-refractivity contribution in [2.24, 2.45) is 17.3 Å². The van der Waals surface area contributed by atoms with Crippen LogP contribution in [0.1, 0.15) is 114 Å². The number of benzene rings is 3. The first-order valence-corrected chi connectivity index (χ1v) is 28.3. The van der Waals surface area contributed by atoms with E-state index in [-0.39, 0.29) is 55.1 Å². The summed E-state index contributed by atoms with van der Waals surface area (Å²) in [6, 6.07) is 20.3. The Kier molecular flexibility index (Phi) is 17.7. The number of hydrogen-bond donors (Lipinski definition) is 4. The Hall–Kier alpha value is -7.28. The molecule has 3 saturated heterocycles. The van der Waals surface area contributed by atoms with Crippen molar-refractivity contribution >= 4 is 40.3 Å². The summed E-state index contributed by atoms with van der Waals surface area (Å²) in [7, 11) is 3.27. The monoisotopic (exact) mass is 1090 g/mol. The second kappa shape index (κ2) is 24.6. The molecule has 0 spiro atoms. The van der Waals surface area contributed by atoms with E-state index in [1.54, 1.807) is 44.6 Å². The van der Waals surface area contributed by atoms with E-state index in [2.05, 4.69) is 77.1 Å². The average Bonchev–Trinajstić information content (AvgIpc) is 4.07. The van der Waals surface area contributed by atoms with Gasteiger partial charge in [-0.1, -0.05) is 63.8 Å². The van der Waals surface area contributed by atoms with Gasteiger partial charge in [0, 0.05) is 105 Å². The maximum absolute atomic E-state index is 15.0. The number of nitrogens with two attached hydrogens (primary N) is 1. The van der Waals surface area contributed by atoms with Gasteiger partial charge in [-0.05, 0) is 129 Å². The number of nitrogens with zero attached hydrogens (tertiary/aromatic N) is 6. The lowest BCUT2D eigenvalue weighted by Crippen LogP contribution is -2.62. The van der Waals surface area contributed by atoms with Gasteiger partial charge >= 0.3 is 5.97 Å². The fourth-order valence-corrected chi connectivity index (χ4v) is 12.1. The molecular formula is C63H77N9O8. The molecule has 2 aromatic heterocycles. The van der Waals surface area contributed by atoms with E-state index < -0.39 is 47.4 Å². The Morgan fingerprint density at radius 2 is 1.77 bits per heavy atom. The third kappa shape index (κ3) is 12.5. The van der Waals surface area contributed by atoms with E-state index in [0.29, 0.717) is 62.2 Å². The van der Waals surface area contributed by atoms with Crippen LogP contribution in [0.25, 0.3) is 33.3 Å². The van der Waals surface area contributed by atoms with Gasteiger partial charge < -0.3 is 39.8 Å². The number of hydrogen-bond acceptors (Lipinski definition) is 13. The molecule has 3 fully saturated rings. The van der Waals surface area contributed by atoms with Crippen LogP contribution in [0.4, 0.5) is 5.69 Å². The van der Waals surface area contributed by atoms with E-state index in [1.807, 2.05) is 45.0 Å². The van der Waals surface area contributed by atoms with E-state index in [0.717, 1.165) is 76.0 Å². The number of carbonyl (C=O) groups excluding carboxylic acids is 4. The molecule has 4 aliphatic rings. The molecule has 4 aliphatic heterocycles. The number of aryl methyl sites for hydroxylation is 1. The average molecular weight is 1090 g/mol. The highest BCUT2D eigenvalue weighted by molar-refractivity contribution is 5.96. The first-order valence-electron chi connectivity index (χ1n) is 28.3. The molecule has 9 rings (SSSR count). The number of rotatable bonds is 11. The van der Waals surface area contributed by atoms with Gasteiger partial charge in [-0.15, -0.1) is 0 Å². The predicted octanol–water partition coefficient (Wildman–Crippen LogP) is 7.68. The summed E-state index contributed by atoms with van der Waals surface area (Å²) >= 11 is 0. The van der Waals surface area contributed by atoms with Gasteiger partial charge in [-0.25, -0.2) is 5.43 Å². The van der Waals surface area contributed by atoms with Crippen molar-refractivity contribution in [3.8, 4) is 46.0 Å². The maximum atomic E-state index is 15.0. The van der Waals surface area contributed by atoms with E-state index in [4.69, 9.17) is 24.9 Å². The van der Waals surface area contributed by atoms with Crippen LogP contribution < -0.4 is 16.5 Å². The van der Waals surface area contributed by atoms with Crippen LogP contribution in [0.5, 0.6) is 5.75 Å². The number of pyridine rings is 1. The number of aromatic nitrogens is 2. The standard InChI is InChI=1S/C63H77N9O8/c1-9-71-54-19-16-44-33-49(54)51(57(71)50-30-41(36-66-55(50)39(4)78-8)12-10-23-70-25-20-40(35-64)21-26-70)34-63(5,6)37-80-62(77)52-13-11-24-72(68-52)60(75)53(31-42-28-45(44)32-47(73)29-42)67-59(74)56(38(2)3)69(7)61(76)58-48(22-27-79-58)43-14-17-46(65)18-15-43/h14-19,28-30,32-33,36,38-40,48,52-53,56,58,68,73H,9,11,13,20-27,31,34,37,65H2,1-8H3,(H,67,74)/t39-,48+,52-,53-,56-,58+/m0/s1. The fourth-order valence-electron chi connectivity index (χ4n) is 12.1. The zero-order valence-corrected chi connectivity index (χ0v) is 47.5. The van der Waals surface area contributed by atoms with Crippen molar-refractivity contribution in [2.45, 2.75) is 129 Å². The van der Waals surface area contributed by atoms with Crippen molar-refractivity contribution in [3.05, 3.63) is 101 Å². The lowest BCUT2D eigenvalue weighted by molar-refractivity contribution is -0.155. The normalized spacial score (nSPS) is 21.7. The predicted molar refractivity (Wildman–Crippen MR) is 306 cm³/mol. The number of likely N-dealkylation sites (tertiary alicyclic amines) is 1. The number of cyclic esters (lactones) is 1. The summed E-state index contributed by atoms with van der Waals surface area (Å²) < 4.78 is 20.5. The van der Waals surface area contributed by atoms with Crippen LogP contribution in [0, 0.1) is 40.4 Å². The first-order chi connectivity index (χ1) is 38.4. The third-order valence-electron chi connectivity index (χ3n) is 16.4. The minimum atomic E-state index is -1.19. The number of fused-ring (bicyclic) bond motifs is 6. The molecule has 5 N–H and O–H groups in total. The second-order valence-electron chi connectivity index (χ2n) is 23.2. The van der Waals surface area contributed by atoms with Crippen LogP contribution in [-0.4, -0.2) is 131 Å². The number of esters is 1. The Balaban J connectivity index is 1.10. The second-order valence-corrected chi connectivity index (χ2v) is 23.2. The van der Waals surface area contributed by atoms with Gasteiger partial charge in [0.05, 0.1) is 36.7 Å². The number of phenols is 1. The minimum absolute atomic E-state index is 0.0249. The summed E-state index contributed by atoms with van der Waals surface area (Å²) in [5.41, 5.74) is 17.4. The number of likely N-dealkylation sites (N-methyl/N-ethyl adjacent to an activating group) is 1. The Bertz CT molecular complexity index is 3220. The lowest BCUT2D eigenvalue weighted by atomic mass is 9.84. The molecule has 80 heavy (non-hydrogen) atoms. The molecule has 3 aromatic carbocycles. The van der Waals surface area contributed by atoms with Crippen molar-refractivity contribution in [2.75, 3.05) is 59.3 Å². The van der Waals surface area contributed by atoms with Crippen LogP contribution >= 0.6 is 0 Å². The number of amides is 3. The highest BCUT2D eigenvalue weighted by Crippen LogP contribution is 2.43. The molecule has 17 heteroatoms. The number of methoxy groups -OCH3 is 1. The largest absolute Gasteiger partial charge is 0.508 e. The smallest absolute Gasteiger partial charge is 0.324 e. The lowest BCUT2D eigenvalue weighted by Gasteiger charge is -2.37. The summed E-state index contributed by atoms with van der Waals surface area (Å²) in [6.45, 7) is 15.5. The number of aromatic hydroxyl groups is 1. The molecule has 3 amide bonds. The molecule has 6 bridgehead atoms. The summed E-state index contributed by atoms with van der Waals surface area (Å²) in [6.07, 6.45) is 4.26. The van der Waals surface area contributed by atoms with Gasteiger partial charge in [0.15, 0.2) is 0 Å².